The third kappa shape index (κ3) is 8.37. The van der Waals surface area contributed by atoms with Crippen LogP contribution in [0.4, 0.5) is 36.4 Å². The van der Waals surface area contributed by atoms with Gasteiger partial charge >= 0.3 is 5.51 Å². The molecule has 1 unspecified atom stereocenters. The highest BCUT2D eigenvalue weighted by Gasteiger charge is 2.43. The van der Waals surface area contributed by atoms with Crippen LogP contribution in [0.3, 0.4) is 0 Å². The van der Waals surface area contributed by atoms with Crippen molar-refractivity contribution in [3.05, 3.63) is 40.7 Å². The molecular formula is C20H21ClF7N3O3S. The Labute approximate surface area is 205 Å². The number of aryl methyl sites for hydroxylation is 1. The van der Waals surface area contributed by atoms with Gasteiger partial charge < -0.3 is 13.8 Å². The van der Waals surface area contributed by atoms with Gasteiger partial charge in [-0.2, -0.15) is 18.3 Å². The molecule has 3 rings (SSSR count). The van der Waals surface area contributed by atoms with Crippen molar-refractivity contribution in [2.24, 2.45) is 0 Å². The predicted octanol–water partition coefficient (Wildman–Crippen LogP) is 6.60. The van der Waals surface area contributed by atoms with Gasteiger partial charge in [0.2, 0.25) is 0 Å². The quantitative estimate of drug-likeness (QED) is 0.220. The van der Waals surface area contributed by atoms with E-state index in [1.807, 2.05) is 0 Å². The van der Waals surface area contributed by atoms with Crippen LogP contribution in [0.15, 0.2) is 24.4 Å². The molecule has 0 spiro atoms. The Morgan fingerprint density at radius 1 is 1.34 bits per heavy atom. The van der Waals surface area contributed by atoms with E-state index >= 15 is 0 Å². The topological polar surface area (TPSA) is 56.6 Å². The molecule has 2 aromatic rings. The van der Waals surface area contributed by atoms with Gasteiger partial charge in [0.15, 0.2) is 17.8 Å². The summed E-state index contributed by atoms with van der Waals surface area (Å²) in [5.74, 6) is -3.65. The van der Waals surface area contributed by atoms with Crippen LogP contribution >= 0.6 is 23.6 Å². The minimum absolute atomic E-state index is 0.0861. The summed E-state index contributed by atoms with van der Waals surface area (Å²) < 4.78 is 103. The zero-order valence-corrected chi connectivity index (χ0v) is 19.9. The molecule has 0 radical (unpaired) electrons. The number of carbonyl (C=O) groups is 1. The predicted molar refractivity (Wildman–Crippen MR) is 116 cm³/mol. The van der Waals surface area contributed by atoms with E-state index < -0.39 is 54.6 Å². The maximum Gasteiger partial charge on any atom is 0.479 e. The molecule has 0 amide bonds. The lowest BCUT2D eigenvalue weighted by Crippen LogP contribution is -2.48. The van der Waals surface area contributed by atoms with Gasteiger partial charge in [-0.15, -0.1) is 0 Å². The Bertz CT molecular complexity index is 991. The van der Waals surface area contributed by atoms with Crippen molar-refractivity contribution in [1.82, 2.24) is 9.78 Å². The first-order valence-corrected chi connectivity index (χ1v) is 11.1. The van der Waals surface area contributed by atoms with Gasteiger partial charge in [0.1, 0.15) is 5.69 Å². The second-order valence-corrected chi connectivity index (χ2v) is 8.56. The van der Waals surface area contributed by atoms with E-state index in [2.05, 4.69) is 14.0 Å². The van der Waals surface area contributed by atoms with Crippen LogP contribution in [0.5, 0.6) is 5.75 Å². The molecule has 0 aliphatic carbocycles. The lowest BCUT2D eigenvalue weighted by molar-refractivity contribution is -0.128. The number of benzene rings is 1. The fourth-order valence-electron chi connectivity index (χ4n) is 3.41. The Morgan fingerprint density at radius 3 is 2.57 bits per heavy atom. The van der Waals surface area contributed by atoms with E-state index in [0.29, 0.717) is 13.1 Å². The first kappa shape index (κ1) is 28.9. The minimum Gasteiger partial charge on any atom is -0.468 e. The number of hydrogen-bond acceptors (Lipinski definition) is 6. The molecule has 196 valence electrons. The summed E-state index contributed by atoms with van der Waals surface area (Å²) in [5.41, 5.74) is -5.15. The lowest BCUT2D eigenvalue weighted by Gasteiger charge is -2.39. The maximum atomic E-state index is 14.5. The molecule has 1 fully saturated rings. The first-order chi connectivity index (χ1) is 16.3. The number of hydrogen-bond donors (Lipinski definition) is 0. The normalized spacial score (nSPS) is 17.6. The van der Waals surface area contributed by atoms with Crippen LogP contribution in [0, 0.1) is 6.92 Å². The maximum absolute atomic E-state index is 14.5. The zero-order valence-electron chi connectivity index (χ0n) is 18.4. The van der Waals surface area contributed by atoms with E-state index in [4.69, 9.17) is 11.6 Å². The summed E-state index contributed by atoms with van der Waals surface area (Å²) >= 11 is 5.11. The van der Waals surface area contributed by atoms with Gasteiger partial charge in [-0.05, 0) is 37.6 Å². The summed E-state index contributed by atoms with van der Waals surface area (Å²) in [7, 11) is 0. The van der Waals surface area contributed by atoms with Gasteiger partial charge in [-0.1, -0.05) is 11.6 Å². The number of alkyl halides is 7. The number of nitrogens with zero attached hydrogens (tertiary/aromatic N) is 3. The standard InChI is InChI=1S/C17H15ClF7N3OS.C3H6O2/c1-9-6-26-28(14(9)15(19)20)11-5-16(21,22)8-27(7-11)12-4-10(18)2-3-13(12)29-30-17(23,24)25;1-2-5-3-4/h2-4,6,11,15H,5,7-8H2,1H3;3H,2H2,1H3. The van der Waals surface area contributed by atoms with Gasteiger partial charge in [0, 0.05) is 18.0 Å². The van der Waals surface area contributed by atoms with Crippen LogP contribution in [0.1, 0.15) is 37.1 Å². The van der Waals surface area contributed by atoms with Crippen molar-refractivity contribution < 1.29 is 44.4 Å². The summed E-state index contributed by atoms with van der Waals surface area (Å²) in [4.78, 5) is 10.3. The smallest absolute Gasteiger partial charge is 0.468 e. The molecule has 6 nitrogen and oxygen atoms in total. The second-order valence-electron chi connectivity index (χ2n) is 7.33. The van der Waals surface area contributed by atoms with E-state index in [9.17, 15) is 35.5 Å². The average Bonchev–Trinajstić information content (AvgIpc) is 3.14. The molecular weight excluding hydrogens is 531 g/mol. The molecule has 1 aromatic heterocycles. The largest absolute Gasteiger partial charge is 0.479 e. The molecule has 0 bridgehead atoms. The highest BCUT2D eigenvalue weighted by atomic mass is 35.5. The summed E-state index contributed by atoms with van der Waals surface area (Å²) in [6.07, 6.45) is -2.52. The fourth-order valence-corrected chi connectivity index (χ4v) is 3.90. The third-order valence-corrected chi connectivity index (χ3v) is 5.38. The van der Waals surface area contributed by atoms with Gasteiger partial charge in [-0.3, -0.25) is 9.48 Å². The van der Waals surface area contributed by atoms with Gasteiger partial charge in [-0.25, -0.2) is 17.6 Å². The average molecular weight is 552 g/mol. The van der Waals surface area contributed by atoms with Crippen molar-refractivity contribution >= 4 is 35.8 Å². The number of rotatable bonds is 7. The van der Waals surface area contributed by atoms with E-state index in [0.717, 1.165) is 21.8 Å². The summed E-state index contributed by atoms with van der Waals surface area (Å²) in [6.45, 7) is 3.00. The number of anilines is 1. The molecule has 15 heteroatoms. The third-order valence-electron chi connectivity index (χ3n) is 4.69. The number of halogens is 8. The molecule has 1 aromatic carbocycles. The monoisotopic (exact) mass is 551 g/mol. The zero-order chi connectivity index (χ0) is 26.4. The van der Waals surface area contributed by atoms with Crippen molar-refractivity contribution in [3.8, 4) is 5.75 Å². The SMILES string of the molecule is CCOC=O.Cc1cnn(C2CN(c3cc(Cl)ccc3OSC(F)(F)F)CC(F)(F)C2)c1C(F)F. The van der Waals surface area contributed by atoms with Gasteiger partial charge in [0.05, 0.1) is 31.1 Å². The van der Waals surface area contributed by atoms with E-state index in [1.165, 1.54) is 19.1 Å². The Hall–Kier alpha value is -2.35. The molecule has 1 aliphatic rings. The number of ether oxygens (including phenoxy) is 1. The van der Waals surface area contributed by atoms with Crippen molar-refractivity contribution in [2.45, 2.75) is 44.2 Å². The van der Waals surface area contributed by atoms with Crippen LogP contribution in [0.2, 0.25) is 5.02 Å². The first-order valence-electron chi connectivity index (χ1n) is 10.00. The summed E-state index contributed by atoms with van der Waals surface area (Å²) in [5, 5.41) is 3.92. The van der Waals surface area contributed by atoms with Crippen LogP contribution < -0.4 is 9.08 Å². The lowest BCUT2D eigenvalue weighted by atomic mass is 10.0. The van der Waals surface area contributed by atoms with Crippen molar-refractivity contribution in [2.75, 3.05) is 24.6 Å². The molecule has 1 aliphatic heterocycles. The Morgan fingerprint density at radius 2 is 2.03 bits per heavy atom. The Balaban J connectivity index is 0.000000784. The van der Waals surface area contributed by atoms with Crippen molar-refractivity contribution in [3.63, 3.8) is 0 Å². The van der Waals surface area contributed by atoms with Crippen LogP contribution in [0.25, 0.3) is 0 Å². The molecule has 35 heavy (non-hydrogen) atoms. The fraction of sp³-hybridized carbons (Fsp3) is 0.500. The molecule has 1 saturated heterocycles. The number of piperidine rings is 1. The van der Waals surface area contributed by atoms with Crippen LogP contribution in [-0.2, 0) is 9.53 Å². The van der Waals surface area contributed by atoms with E-state index in [1.54, 1.807) is 6.92 Å². The molecule has 0 N–H and O–H groups in total. The number of aromatic nitrogens is 2. The van der Waals surface area contributed by atoms with Crippen molar-refractivity contribution in [1.29, 1.82) is 0 Å². The molecule has 2 heterocycles. The minimum atomic E-state index is -4.72. The highest BCUT2D eigenvalue weighted by Crippen LogP contribution is 2.43. The molecule has 0 saturated carbocycles. The second kappa shape index (κ2) is 12.1. The molecule has 1 atom stereocenters. The van der Waals surface area contributed by atoms with E-state index in [-0.39, 0.29) is 28.6 Å². The highest BCUT2D eigenvalue weighted by molar-refractivity contribution is 7.95. The van der Waals surface area contributed by atoms with Crippen LogP contribution in [-0.4, -0.2) is 47.4 Å². The van der Waals surface area contributed by atoms with Gasteiger partial charge in [0.25, 0.3) is 18.8 Å². The summed E-state index contributed by atoms with van der Waals surface area (Å²) in [6, 6.07) is 2.42. The Kier molecular flexibility index (Phi) is 9.95. The number of carbonyl (C=O) groups excluding carboxylic acids is 1.